The van der Waals surface area contributed by atoms with Gasteiger partial charge in [0.05, 0.1) is 18.1 Å². The molecule has 0 saturated carbocycles. The van der Waals surface area contributed by atoms with Crippen LogP contribution in [0.2, 0.25) is 5.15 Å². The summed E-state index contributed by atoms with van der Waals surface area (Å²) in [7, 11) is 0. The van der Waals surface area contributed by atoms with Gasteiger partial charge in [0, 0.05) is 6.07 Å². The number of carbonyl (C=O) groups excluding carboxylic acids is 1. The summed E-state index contributed by atoms with van der Waals surface area (Å²) in [6, 6.07) is 6.63. The van der Waals surface area contributed by atoms with E-state index in [9.17, 15) is 4.79 Å². The Balaban J connectivity index is 1.95. The number of nitrogens with zero attached hydrogens (tertiary/aromatic N) is 6. The van der Waals surface area contributed by atoms with Crippen molar-refractivity contribution in [2.75, 3.05) is 5.32 Å². The maximum atomic E-state index is 11.4. The molecule has 0 aromatic carbocycles. The highest BCUT2D eigenvalue weighted by atomic mass is 35.5. The second kappa shape index (κ2) is 5.74. The molecule has 3 heterocycles. The fourth-order valence-electron chi connectivity index (χ4n) is 1.72. The van der Waals surface area contributed by atoms with Crippen LogP contribution in [0.4, 0.5) is 11.5 Å². The van der Waals surface area contributed by atoms with E-state index >= 15 is 0 Å². The van der Waals surface area contributed by atoms with Gasteiger partial charge in [-0.15, -0.1) is 15.0 Å². The van der Waals surface area contributed by atoms with Crippen molar-refractivity contribution in [1.82, 2.24) is 30.2 Å². The molecule has 0 bridgehead atoms. The summed E-state index contributed by atoms with van der Waals surface area (Å²) < 4.78 is 0. The molecular formula is C12H9ClN8O. The van der Waals surface area contributed by atoms with E-state index in [0.29, 0.717) is 17.3 Å². The van der Waals surface area contributed by atoms with Gasteiger partial charge in [0.15, 0.2) is 16.7 Å². The fraction of sp³-hybridized carbons (Fsp3) is 0. The topological polar surface area (TPSA) is 125 Å². The number of aromatic nitrogens is 6. The molecule has 0 fully saturated rings. The van der Waals surface area contributed by atoms with Gasteiger partial charge in [0.1, 0.15) is 5.82 Å². The van der Waals surface area contributed by atoms with Crippen LogP contribution in [0.1, 0.15) is 10.5 Å². The molecular weight excluding hydrogens is 308 g/mol. The van der Waals surface area contributed by atoms with Gasteiger partial charge in [-0.25, -0.2) is 4.98 Å². The van der Waals surface area contributed by atoms with Gasteiger partial charge in [-0.3, -0.25) is 4.79 Å². The zero-order valence-electron chi connectivity index (χ0n) is 11.0. The number of amides is 1. The minimum absolute atomic E-state index is 0.0335. The predicted molar refractivity (Wildman–Crippen MR) is 78.0 cm³/mol. The molecule has 0 spiro atoms. The van der Waals surface area contributed by atoms with Crippen molar-refractivity contribution in [1.29, 1.82) is 0 Å². The summed E-state index contributed by atoms with van der Waals surface area (Å²) in [6.07, 6.45) is 3.08. The third kappa shape index (κ3) is 2.83. The van der Waals surface area contributed by atoms with Gasteiger partial charge in [-0.05, 0) is 12.1 Å². The van der Waals surface area contributed by atoms with Gasteiger partial charge < -0.3 is 11.1 Å². The maximum Gasteiger partial charge on any atom is 0.271 e. The minimum Gasteiger partial charge on any atom is -0.364 e. The normalized spacial score (nSPS) is 10.4. The molecule has 9 nitrogen and oxygen atoms in total. The monoisotopic (exact) mass is 316 g/mol. The third-order valence-electron chi connectivity index (χ3n) is 2.62. The SMILES string of the molecule is NC(=O)c1nnc(Cl)cc1Nc1cccc(-n2nccn2)n1. The van der Waals surface area contributed by atoms with Gasteiger partial charge in [-0.1, -0.05) is 17.7 Å². The Hall–Kier alpha value is -3.07. The van der Waals surface area contributed by atoms with Gasteiger partial charge in [0.25, 0.3) is 5.91 Å². The third-order valence-corrected chi connectivity index (χ3v) is 2.80. The molecule has 0 radical (unpaired) electrons. The molecule has 3 aromatic rings. The Morgan fingerprint density at radius 3 is 2.73 bits per heavy atom. The summed E-state index contributed by atoms with van der Waals surface area (Å²) >= 11 is 5.79. The van der Waals surface area contributed by atoms with Crippen LogP contribution in [0.25, 0.3) is 5.82 Å². The summed E-state index contributed by atoms with van der Waals surface area (Å²) in [5.41, 5.74) is 5.53. The van der Waals surface area contributed by atoms with Crippen LogP contribution in [0.15, 0.2) is 36.7 Å². The second-order valence-electron chi connectivity index (χ2n) is 4.12. The van der Waals surface area contributed by atoms with Crippen LogP contribution in [-0.2, 0) is 0 Å². The minimum atomic E-state index is -0.725. The van der Waals surface area contributed by atoms with Crippen LogP contribution < -0.4 is 11.1 Å². The number of nitrogens with two attached hydrogens (primary N) is 1. The van der Waals surface area contributed by atoms with E-state index in [2.05, 4.69) is 30.7 Å². The van der Waals surface area contributed by atoms with Crippen LogP contribution in [-0.4, -0.2) is 36.1 Å². The highest BCUT2D eigenvalue weighted by Crippen LogP contribution is 2.20. The average molecular weight is 317 g/mol. The predicted octanol–water partition coefficient (Wildman–Crippen LogP) is 0.948. The first-order valence-corrected chi connectivity index (χ1v) is 6.45. The fourth-order valence-corrected chi connectivity index (χ4v) is 1.87. The number of hydrogen-bond donors (Lipinski definition) is 2. The highest BCUT2D eigenvalue weighted by Gasteiger charge is 2.13. The zero-order valence-corrected chi connectivity index (χ0v) is 11.8. The van der Waals surface area contributed by atoms with E-state index in [0.717, 1.165) is 0 Å². The Morgan fingerprint density at radius 1 is 1.23 bits per heavy atom. The smallest absolute Gasteiger partial charge is 0.271 e. The van der Waals surface area contributed by atoms with E-state index in [4.69, 9.17) is 17.3 Å². The van der Waals surface area contributed by atoms with Gasteiger partial charge >= 0.3 is 0 Å². The molecule has 3 rings (SSSR count). The summed E-state index contributed by atoms with van der Waals surface area (Å²) in [5.74, 6) is 0.224. The molecule has 110 valence electrons. The molecule has 22 heavy (non-hydrogen) atoms. The summed E-state index contributed by atoms with van der Waals surface area (Å²) in [5, 5.41) is 18.3. The van der Waals surface area contributed by atoms with Crippen LogP contribution in [0, 0.1) is 0 Å². The van der Waals surface area contributed by atoms with Gasteiger partial charge in [-0.2, -0.15) is 10.2 Å². The number of pyridine rings is 1. The van der Waals surface area contributed by atoms with E-state index in [1.807, 2.05) is 0 Å². The molecule has 1 amide bonds. The number of hydrogen-bond acceptors (Lipinski definition) is 7. The number of carbonyl (C=O) groups is 1. The first-order chi connectivity index (χ1) is 10.6. The Kier molecular flexibility index (Phi) is 3.62. The van der Waals surface area contributed by atoms with E-state index in [1.54, 1.807) is 30.6 Å². The van der Waals surface area contributed by atoms with Crippen molar-refractivity contribution < 1.29 is 4.79 Å². The summed E-state index contributed by atoms with van der Waals surface area (Å²) in [6.45, 7) is 0. The molecule has 0 atom stereocenters. The zero-order chi connectivity index (χ0) is 15.5. The number of rotatable bonds is 4. The molecule has 0 unspecified atom stereocenters. The van der Waals surface area contributed by atoms with Gasteiger partial charge in [0.2, 0.25) is 0 Å². The quantitative estimate of drug-likeness (QED) is 0.734. The van der Waals surface area contributed by atoms with Crippen LogP contribution >= 0.6 is 11.6 Å². The number of primary amides is 1. The Labute approximate surface area is 129 Å². The first kappa shape index (κ1) is 13.9. The number of halogens is 1. The Morgan fingerprint density at radius 2 is 2.00 bits per heavy atom. The lowest BCUT2D eigenvalue weighted by Gasteiger charge is -2.09. The molecule has 0 saturated heterocycles. The lowest BCUT2D eigenvalue weighted by atomic mass is 10.3. The molecule has 3 aromatic heterocycles. The lowest BCUT2D eigenvalue weighted by Crippen LogP contribution is -2.16. The standard InChI is InChI=1S/C12H9ClN8O/c13-8-6-7(11(12(14)22)20-19-8)17-9-2-1-3-10(18-9)21-15-4-5-16-21/h1-6H,(H2,14,22)(H,17,18,19). The summed E-state index contributed by atoms with van der Waals surface area (Å²) in [4.78, 5) is 17.1. The average Bonchev–Trinajstić information content (AvgIpc) is 3.01. The number of anilines is 2. The first-order valence-electron chi connectivity index (χ1n) is 6.07. The van der Waals surface area contributed by atoms with Crippen molar-refractivity contribution in [2.45, 2.75) is 0 Å². The van der Waals surface area contributed by atoms with Crippen molar-refractivity contribution >= 4 is 29.0 Å². The van der Waals surface area contributed by atoms with Crippen molar-refractivity contribution in [3.8, 4) is 5.82 Å². The number of nitrogens with one attached hydrogen (secondary N) is 1. The van der Waals surface area contributed by atoms with E-state index in [-0.39, 0.29) is 10.8 Å². The van der Waals surface area contributed by atoms with Crippen LogP contribution in [0.3, 0.4) is 0 Å². The molecule has 0 aliphatic heterocycles. The molecule has 0 aliphatic carbocycles. The van der Waals surface area contributed by atoms with Crippen molar-refractivity contribution in [3.63, 3.8) is 0 Å². The van der Waals surface area contributed by atoms with E-state index in [1.165, 1.54) is 10.9 Å². The van der Waals surface area contributed by atoms with E-state index < -0.39 is 5.91 Å². The largest absolute Gasteiger partial charge is 0.364 e. The molecule has 0 aliphatic rings. The van der Waals surface area contributed by atoms with Crippen LogP contribution in [0.5, 0.6) is 0 Å². The molecule has 10 heteroatoms. The lowest BCUT2D eigenvalue weighted by molar-refractivity contribution is 0.0995. The van der Waals surface area contributed by atoms with Crippen molar-refractivity contribution in [2.24, 2.45) is 5.73 Å². The van der Waals surface area contributed by atoms with Crippen molar-refractivity contribution in [3.05, 3.63) is 47.5 Å². The second-order valence-corrected chi connectivity index (χ2v) is 4.51. The molecule has 3 N–H and O–H groups in total. The highest BCUT2D eigenvalue weighted by molar-refractivity contribution is 6.29. The Bertz CT molecular complexity index is 820. The maximum absolute atomic E-state index is 11.4.